The highest BCUT2D eigenvalue weighted by Gasteiger charge is 2.30. The molecule has 0 amide bonds. The Labute approximate surface area is 549 Å². The lowest BCUT2D eigenvalue weighted by Gasteiger charge is -2.21. The lowest BCUT2D eigenvalue weighted by atomic mass is 10.0. The number of aliphatic hydroxyl groups is 1. The van der Waals surface area contributed by atoms with Crippen molar-refractivity contribution >= 4 is 39.5 Å². The monoisotopic (exact) mass is 1320 g/mol. The van der Waals surface area contributed by atoms with Gasteiger partial charge in [0.2, 0.25) is 0 Å². The Kier molecular flexibility index (Phi) is 63.0. The maximum Gasteiger partial charge on any atom is 0.472 e. The van der Waals surface area contributed by atoms with Crippen molar-refractivity contribution in [1.82, 2.24) is 0 Å². The summed E-state index contributed by atoms with van der Waals surface area (Å²) in [4.78, 5) is 72.4. The lowest BCUT2D eigenvalue weighted by Crippen LogP contribution is -2.30. The molecule has 0 heterocycles. The van der Waals surface area contributed by atoms with Gasteiger partial charge < -0.3 is 33.8 Å². The van der Waals surface area contributed by atoms with Crippen molar-refractivity contribution in [2.45, 2.75) is 387 Å². The maximum atomic E-state index is 13.0. The molecule has 0 aliphatic rings. The molecule has 19 heteroatoms. The van der Waals surface area contributed by atoms with E-state index < -0.39 is 97.5 Å². The van der Waals surface area contributed by atoms with Crippen LogP contribution in [0.5, 0.6) is 0 Å². The van der Waals surface area contributed by atoms with E-state index in [4.69, 9.17) is 37.0 Å². The van der Waals surface area contributed by atoms with Crippen molar-refractivity contribution < 1.29 is 80.2 Å². The Bertz CT molecular complexity index is 1740. The number of ether oxygens (including phenoxy) is 4. The zero-order chi connectivity index (χ0) is 66.3. The average Bonchev–Trinajstić information content (AvgIpc) is 3.01. The van der Waals surface area contributed by atoms with Gasteiger partial charge in [-0.05, 0) is 31.6 Å². The summed E-state index contributed by atoms with van der Waals surface area (Å²) in [6, 6.07) is 0. The molecule has 0 aromatic carbocycles. The number of carbonyl (C=O) groups excluding carboxylic acids is 4. The standard InChI is InChI=1S/C71H138O17P2/c1-6-9-12-15-18-20-22-23-24-25-29-32-36-40-45-50-55-69(74)82-61-67(88-71(76)57-52-47-42-37-33-30-27-26-28-31-34-39-43-48-53-64(4)5)63-86-90(79,80)84-59-65(72)58-83-89(77,78)85-62-66(60-81-68(73)54-49-44-38-17-14-11-8-3)87-70(75)56-51-46-41-35-21-19-16-13-10-7-2/h64-67,72H,6-63H2,1-5H3,(H,77,78)(H,79,80)/t65-,66+,67+/m0/s1. The Morgan fingerprint density at radius 3 is 0.756 bits per heavy atom. The van der Waals surface area contributed by atoms with Crippen LogP contribution >= 0.6 is 15.6 Å². The van der Waals surface area contributed by atoms with Gasteiger partial charge in [0.15, 0.2) is 12.2 Å². The smallest absolute Gasteiger partial charge is 0.462 e. The summed E-state index contributed by atoms with van der Waals surface area (Å²) in [6.07, 6.45) is 51.4. The topological polar surface area (TPSA) is 237 Å². The second kappa shape index (κ2) is 64.4. The predicted molar refractivity (Wildman–Crippen MR) is 363 cm³/mol. The number of hydrogen-bond donors (Lipinski definition) is 3. The normalized spacial score (nSPS) is 14.1. The number of esters is 4. The van der Waals surface area contributed by atoms with Crippen LogP contribution in [0.25, 0.3) is 0 Å². The first-order valence-electron chi connectivity index (χ1n) is 37.1. The summed E-state index contributed by atoms with van der Waals surface area (Å²) < 4.78 is 68.2. The zero-order valence-electron chi connectivity index (χ0n) is 58.3. The molecule has 3 N–H and O–H groups in total. The summed E-state index contributed by atoms with van der Waals surface area (Å²) in [5.41, 5.74) is 0. The molecule has 17 nitrogen and oxygen atoms in total. The van der Waals surface area contributed by atoms with Crippen LogP contribution in [0.3, 0.4) is 0 Å². The van der Waals surface area contributed by atoms with Crippen LogP contribution < -0.4 is 0 Å². The van der Waals surface area contributed by atoms with Crippen LogP contribution in [-0.2, 0) is 65.4 Å². The number of unbranched alkanes of at least 4 members (excludes halogenated alkanes) is 43. The van der Waals surface area contributed by atoms with Gasteiger partial charge >= 0.3 is 39.5 Å². The number of hydrogen-bond acceptors (Lipinski definition) is 15. The number of phosphoric acid groups is 2. The molecule has 0 spiro atoms. The second-order valence-electron chi connectivity index (χ2n) is 26.1. The fourth-order valence-corrected chi connectivity index (χ4v) is 12.4. The van der Waals surface area contributed by atoms with Crippen molar-refractivity contribution in [3.8, 4) is 0 Å². The van der Waals surface area contributed by atoms with E-state index in [1.807, 2.05) is 0 Å². The van der Waals surface area contributed by atoms with Crippen LogP contribution in [0.15, 0.2) is 0 Å². The number of carbonyl (C=O) groups is 4. The van der Waals surface area contributed by atoms with Gasteiger partial charge in [0.25, 0.3) is 0 Å². The summed E-state index contributed by atoms with van der Waals surface area (Å²) in [5, 5.41) is 10.6. The largest absolute Gasteiger partial charge is 0.472 e. The second-order valence-corrected chi connectivity index (χ2v) is 29.0. The van der Waals surface area contributed by atoms with Crippen LogP contribution in [0.2, 0.25) is 0 Å². The minimum atomic E-state index is -4.95. The molecule has 0 aromatic rings. The Morgan fingerprint density at radius 2 is 0.511 bits per heavy atom. The third kappa shape index (κ3) is 64.8. The van der Waals surface area contributed by atoms with E-state index in [1.165, 1.54) is 180 Å². The average molecular weight is 1330 g/mol. The highest BCUT2D eigenvalue weighted by molar-refractivity contribution is 7.47. The Hall–Kier alpha value is -1.94. The first-order chi connectivity index (χ1) is 43.5. The number of phosphoric ester groups is 2. The fraction of sp³-hybridized carbons (Fsp3) is 0.944. The summed E-state index contributed by atoms with van der Waals surface area (Å²) in [5.74, 6) is -1.33. The molecule has 0 aliphatic carbocycles. The third-order valence-electron chi connectivity index (χ3n) is 16.5. The van der Waals surface area contributed by atoms with E-state index in [1.54, 1.807) is 0 Å². The van der Waals surface area contributed by atoms with Gasteiger partial charge in [-0.25, -0.2) is 9.13 Å². The van der Waals surface area contributed by atoms with E-state index in [0.29, 0.717) is 25.7 Å². The summed E-state index contributed by atoms with van der Waals surface area (Å²) >= 11 is 0. The predicted octanol–water partition coefficient (Wildman–Crippen LogP) is 20.5. The van der Waals surface area contributed by atoms with Gasteiger partial charge in [-0.1, -0.05) is 317 Å². The van der Waals surface area contributed by atoms with Gasteiger partial charge in [-0.3, -0.25) is 37.3 Å². The fourth-order valence-electron chi connectivity index (χ4n) is 10.8. The summed E-state index contributed by atoms with van der Waals surface area (Å²) in [6.45, 7) is 7.23. The van der Waals surface area contributed by atoms with Crippen molar-refractivity contribution in [3.05, 3.63) is 0 Å². The SMILES string of the molecule is CCCCCCCCCCCCCCCCCCC(=O)OC[C@H](COP(=O)(O)OC[C@@H](O)COP(=O)(O)OC[C@@H](COC(=O)CCCCCCCCC)OC(=O)CCCCCCCCCCCC)OC(=O)CCCCCCCCCCCCCCCCC(C)C. The van der Waals surface area contributed by atoms with Crippen LogP contribution in [-0.4, -0.2) is 96.7 Å². The van der Waals surface area contributed by atoms with Crippen molar-refractivity contribution in [2.24, 2.45) is 5.92 Å². The van der Waals surface area contributed by atoms with Gasteiger partial charge in [-0.15, -0.1) is 0 Å². The summed E-state index contributed by atoms with van der Waals surface area (Å²) in [7, 11) is -9.89. The quantitative estimate of drug-likeness (QED) is 0.0222. The Balaban J connectivity index is 5.19. The molecule has 0 saturated carbocycles. The minimum absolute atomic E-state index is 0.106. The Morgan fingerprint density at radius 1 is 0.300 bits per heavy atom. The van der Waals surface area contributed by atoms with E-state index in [0.717, 1.165) is 109 Å². The van der Waals surface area contributed by atoms with E-state index >= 15 is 0 Å². The molecule has 2 unspecified atom stereocenters. The van der Waals surface area contributed by atoms with Crippen LogP contribution in [0, 0.1) is 5.92 Å². The van der Waals surface area contributed by atoms with Crippen LogP contribution in [0.1, 0.15) is 369 Å². The molecule has 0 saturated heterocycles. The zero-order valence-corrected chi connectivity index (χ0v) is 60.1. The number of rotatable bonds is 71. The van der Waals surface area contributed by atoms with E-state index in [2.05, 4.69) is 34.6 Å². The van der Waals surface area contributed by atoms with Gasteiger partial charge in [0.05, 0.1) is 26.4 Å². The molecule has 0 aliphatic heterocycles. The maximum absolute atomic E-state index is 13.0. The number of aliphatic hydroxyl groups excluding tert-OH is 1. The van der Waals surface area contributed by atoms with E-state index in [-0.39, 0.29) is 25.7 Å². The van der Waals surface area contributed by atoms with Crippen molar-refractivity contribution in [1.29, 1.82) is 0 Å². The van der Waals surface area contributed by atoms with E-state index in [9.17, 15) is 43.2 Å². The molecular formula is C71H138O17P2. The molecule has 0 radical (unpaired) electrons. The highest BCUT2D eigenvalue weighted by atomic mass is 31.2. The minimum Gasteiger partial charge on any atom is -0.462 e. The van der Waals surface area contributed by atoms with Crippen LogP contribution in [0.4, 0.5) is 0 Å². The third-order valence-corrected chi connectivity index (χ3v) is 18.4. The van der Waals surface area contributed by atoms with Crippen molar-refractivity contribution in [2.75, 3.05) is 39.6 Å². The van der Waals surface area contributed by atoms with Gasteiger partial charge in [0, 0.05) is 25.7 Å². The molecule has 0 bridgehead atoms. The first kappa shape index (κ1) is 88.1. The molecule has 90 heavy (non-hydrogen) atoms. The lowest BCUT2D eigenvalue weighted by molar-refractivity contribution is -0.161. The molecule has 534 valence electrons. The molecule has 5 atom stereocenters. The first-order valence-corrected chi connectivity index (χ1v) is 40.1. The molecular weight excluding hydrogens is 1190 g/mol. The molecule has 0 fully saturated rings. The van der Waals surface area contributed by atoms with Crippen molar-refractivity contribution in [3.63, 3.8) is 0 Å². The highest BCUT2D eigenvalue weighted by Crippen LogP contribution is 2.45. The molecule has 0 rings (SSSR count). The van der Waals surface area contributed by atoms with Gasteiger partial charge in [0.1, 0.15) is 19.3 Å². The molecule has 0 aromatic heterocycles. The van der Waals surface area contributed by atoms with Gasteiger partial charge in [-0.2, -0.15) is 0 Å².